The summed E-state index contributed by atoms with van der Waals surface area (Å²) in [6.45, 7) is 0. The number of carboxylic acids is 1. The van der Waals surface area contributed by atoms with E-state index in [2.05, 4.69) is 20.5 Å². The Kier molecular flexibility index (Phi) is 5.34. The van der Waals surface area contributed by atoms with E-state index in [1.807, 2.05) is 30.3 Å². The molecule has 4 aromatic rings. The number of H-pyrrole nitrogens is 1. The number of nitrogens with zero attached hydrogens (tertiary/aromatic N) is 2. The van der Waals surface area contributed by atoms with Gasteiger partial charge in [-0.15, -0.1) is 0 Å². The van der Waals surface area contributed by atoms with E-state index in [1.165, 1.54) is 12.3 Å². The number of hydrogen-bond donors (Lipinski definition) is 3. The van der Waals surface area contributed by atoms with Crippen molar-refractivity contribution in [2.45, 2.75) is 6.42 Å². The predicted molar refractivity (Wildman–Crippen MR) is 114 cm³/mol. The zero-order chi connectivity index (χ0) is 20.9. The summed E-state index contributed by atoms with van der Waals surface area (Å²) >= 11 is 0. The number of fused-ring (bicyclic) bond motifs is 1. The predicted octanol–water partition coefficient (Wildman–Crippen LogP) is 3.62. The molecule has 7 heteroatoms. The third-order valence-corrected chi connectivity index (χ3v) is 4.57. The number of hydrogen-bond acceptors (Lipinski definition) is 4. The molecule has 0 saturated heterocycles. The monoisotopic (exact) mass is 398 g/mol. The van der Waals surface area contributed by atoms with Crippen LogP contribution in [0.4, 0.5) is 0 Å². The van der Waals surface area contributed by atoms with E-state index in [9.17, 15) is 14.7 Å². The van der Waals surface area contributed by atoms with Crippen LogP contribution in [-0.4, -0.2) is 33.2 Å². The second-order valence-corrected chi connectivity index (χ2v) is 6.67. The summed E-state index contributed by atoms with van der Waals surface area (Å²) < 4.78 is 0. The Morgan fingerprint density at radius 2 is 1.80 bits per heavy atom. The Balaban J connectivity index is 1.48. The van der Waals surface area contributed by atoms with Gasteiger partial charge in [0.15, 0.2) is 0 Å². The highest BCUT2D eigenvalue weighted by molar-refractivity contribution is 6.00. The smallest absolute Gasteiger partial charge is 0.336 e. The van der Waals surface area contributed by atoms with E-state index >= 15 is 0 Å². The number of carboxylic acid groups (broad SMARTS) is 1. The lowest BCUT2D eigenvalue weighted by Gasteiger charge is -2.01. The molecule has 0 spiro atoms. The van der Waals surface area contributed by atoms with Crippen molar-refractivity contribution in [2.24, 2.45) is 5.10 Å². The van der Waals surface area contributed by atoms with Gasteiger partial charge >= 0.3 is 5.97 Å². The molecule has 0 saturated carbocycles. The van der Waals surface area contributed by atoms with Crippen molar-refractivity contribution in [3.63, 3.8) is 0 Å². The first-order valence-corrected chi connectivity index (χ1v) is 9.28. The van der Waals surface area contributed by atoms with Crippen molar-refractivity contribution in [3.05, 3.63) is 101 Å². The second kappa shape index (κ2) is 8.40. The molecule has 30 heavy (non-hydrogen) atoms. The van der Waals surface area contributed by atoms with Crippen LogP contribution in [0.25, 0.3) is 11.0 Å². The SMILES string of the molecule is O=C(N/N=C\c1ccccc1C(=O)O)c1ccc2nc(Cc3ccccc3)[nH]c2c1. The molecule has 0 fully saturated rings. The molecule has 0 atom stereocenters. The maximum Gasteiger partial charge on any atom is 0.336 e. The summed E-state index contributed by atoms with van der Waals surface area (Å²) in [7, 11) is 0. The van der Waals surface area contributed by atoms with Gasteiger partial charge in [0.1, 0.15) is 5.82 Å². The third-order valence-electron chi connectivity index (χ3n) is 4.57. The van der Waals surface area contributed by atoms with E-state index in [0.717, 1.165) is 22.4 Å². The second-order valence-electron chi connectivity index (χ2n) is 6.67. The minimum Gasteiger partial charge on any atom is -0.478 e. The lowest BCUT2D eigenvalue weighted by Crippen LogP contribution is -2.17. The number of rotatable bonds is 6. The van der Waals surface area contributed by atoms with Gasteiger partial charge in [-0.1, -0.05) is 48.5 Å². The topological polar surface area (TPSA) is 107 Å². The Bertz CT molecular complexity index is 1250. The van der Waals surface area contributed by atoms with Gasteiger partial charge in [-0.3, -0.25) is 4.79 Å². The average molecular weight is 398 g/mol. The van der Waals surface area contributed by atoms with E-state index in [1.54, 1.807) is 36.4 Å². The molecule has 0 aliphatic heterocycles. The van der Waals surface area contributed by atoms with Crippen LogP contribution in [0.2, 0.25) is 0 Å². The molecule has 1 amide bonds. The quantitative estimate of drug-likeness (QED) is 0.341. The number of carbonyl (C=O) groups excluding carboxylic acids is 1. The highest BCUT2D eigenvalue weighted by Gasteiger charge is 2.10. The first-order valence-electron chi connectivity index (χ1n) is 9.28. The van der Waals surface area contributed by atoms with Crippen LogP contribution in [0.1, 0.15) is 37.7 Å². The van der Waals surface area contributed by atoms with Gasteiger partial charge in [0.2, 0.25) is 0 Å². The molecule has 0 aliphatic carbocycles. The van der Waals surface area contributed by atoms with E-state index in [-0.39, 0.29) is 5.56 Å². The standard InChI is InChI=1S/C23H18N4O3/c28-22(27-24-14-17-8-4-5-9-18(17)23(29)30)16-10-11-19-20(13-16)26-21(25-19)12-15-6-2-1-3-7-15/h1-11,13-14H,12H2,(H,25,26)(H,27,28)(H,29,30)/b24-14-. The zero-order valence-electron chi connectivity index (χ0n) is 15.9. The molecule has 0 aliphatic rings. The normalized spacial score (nSPS) is 11.1. The number of imidazole rings is 1. The summed E-state index contributed by atoms with van der Waals surface area (Å²) in [4.78, 5) is 31.5. The summed E-state index contributed by atoms with van der Waals surface area (Å²) in [6.07, 6.45) is 1.98. The lowest BCUT2D eigenvalue weighted by atomic mass is 10.1. The lowest BCUT2D eigenvalue weighted by molar-refractivity contribution is 0.0696. The van der Waals surface area contributed by atoms with Crippen molar-refractivity contribution >= 4 is 29.1 Å². The minimum absolute atomic E-state index is 0.111. The number of hydrazone groups is 1. The number of nitrogens with one attached hydrogen (secondary N) is 2. The first kappa shape index (κ1) is 19.1. The fourth-order valence-corrected chi connectivity index (χ4v) is 3.11. The first-order chi connectivity index (χ1) is 14.6. The van der Waals surface area contributed by atoms with Crippen LogP contribution in [0.5, 0.6) is 0 Å². The molecule has 3 N–H and O–H groups in total. The maximum absolute atomic E-state index is 12.4. The summed E-state index contributed by atoms with van der Waals surface area (Å²) in [5.74, 6) is -0.642. The van der Waals surface area contributed by atoms with E-state index < -0.39 is 11.9 Å². The Labute approximate surface area is 172 Å². The van der Waals surface area contributed by atoms with Crippen molar-refractivity contribution in [2.75, 3.05) is 0 Å². The number of aromatic carboxylic acids is 1. The van der Waals surface area contributed by atoms with Gasteiger partial charge in [0.25, 0.3) is 5.91 Å². The summed E-state index contributed by atoms with van der Waals surface area (Å²) in [5, 5.41) is 13.1. The Hall–Kier alpha value is -4.26. The maximum atomic E-state index is 12.4. The van der Waals surface area contributed by atoms with E-state index in [4.69, 9.17) is 0 Å². The number of carbonyl (C=O) groups is 2. The van der Waals surface area contributed by atoms with Crippen LogP contribution < -0.4 is 5.43 Å². The Morgan fingerprint density at radius 1 is 1.03 bits per heavy atom. The van der Waals surface area contributed by atoms with Gasteiger partial charge in [0, 0.05) is 17.5 Å². The Morgan fingerprint density at radius 3 is 2.60 bits per heavy atom. The highest BCUT2D eigenvalue weighted by atomic mass is 16.4. The molecular weight excluding hydrogens is 380 g/mol. The fourth-order valence-electron chi connectivity index (χ4n) is 3.11. The zero-order valence-corrected chi connectivity index (χ0v) is 15.9. The van der Waals surface area contributed by atoms with E-state index in [0.29, 0.717) is 17.5 Å². The average Bonchev–Trinajstić information content (AvgIpc) is 3.16. The van der Waals surface area contributed by atoms with Crippen LogP contribution in [0, 0.1) is 0 Å². The number of benzene rings is 3. The number of aromatic nitrogens is 2. The molecule has 148 valence electrons. The molecule has 1 heterocycles. The van der Waals surface area contributed by atoms with Gasteiger partial charge in [-0.25, -0.2) is 15.2 Å². The van der Waals surface area contributed by atoms with Crippen molar-refractivity contribution in [1.82, 2.24) is 15.4 Å². The minimum atomic E-state index is -1.06. The molecule has 3 aromatic carbocycles. The van der Waals surface area contributed by atoms with Gasteiger partial charge in [-0.2, -0.15) is 5.10 Å². The third kappa shape index (κ3) is 4.25. The fraction of sp³-hybridized carbons (Fsp3) is 0.0435. The van der Waals surface area contributed by atoms with Crippen molar-refractivity contribution in [3.8, 4) is 0 Å². The van der Waals surface area contributed by atoms with Crippen LogP contribution in [0.15, 0.2) is 77.9 Å². The molecule has 4 rings (SSSR count). The van der Waals surface area contributed by atoms with Crippen molar-refractivity contribution in [1.29, 1.82) is 0 Å². The largest absolute Gasteiger partial charge is 0.478 e. The summed E-state index contributed by atoms with van der Waals surface area (Å²) in [6, 6.07) is 21.6. The van der Waals surface area contributed by atoms with Gasteiger partial charge in [0.05, 0.1) is 22.8 Å². The highest BCUT2D eigenvalue weighted by Crippen LogP contribution is 2.16. The molecule has 0 bridgehead atoms. The van der Waals surface area contributed by atoms with Gasteiger partial charge < -0.3 is 10.1 Å². The molecule has 0 unspecified atom stereocenters. The number of amides is 1. The van der Waals surface area contributed by atoms with Gasteiger partial charge in [-0.05, 0) is 29.8 Å². The van der Waals surface area contributed by atoms with Crippen LogP contribution >= 0.6 is 0 Å². The van der Waals surface area contributed by atoms with Crippen molar-refractivity contribution < 1.29 is 14.7 Å². The van der Waals surface area contributed by atoms with Crippen LogP contribution in [0.3, 0.4) is 0 Å². The molecule has 1 aromatic heterocycles. The number of aromatic amines is 1. The molecule has 0 radical (unpaired) electrons. The summed E-state index contributed by atoms with van der Waals surface area (Å²) in [5.41, 5.74) is 6.04. The molecular formula is C23H18N4O3. The molecule has 7 nitrogen and oxygen atoms in total. The van der Waals surface area contributed by atoms with Crippen LogP contribution in [-0.2, 0) is 6.42 Å².